The zero-order valence-corrected chi connectivity index (χ0v) is 7.71. The smallest absolute Gasteiger partial charge is 0.177 e. The molecule has 1 unspecified atom stereocenters. The van der Waals surface area contributed by atoms with Gasteiger partial charge in [-0.15, -0.1) is 0 Å². The first kappa shape index (κ1) is 7.31. The van der Waals surface area contributed by atoms with Crippen molar-refractivity contribution in [2.45, 2.75) is 25.4 Å². The van der Waals surface area contributed by atoms with Crippen molar-refractivity contribution in [3.63, 3.8) is 0 Å². The molecule has 1 aliphatic rings. The monoisotopic (exact) mass is 215 g/mol. The first-order valence-corrected chi connectivity index (χ1v) is 4.52. The van der Waals surface area contributed by atoms with E-state index in [1.807, 2.05) is 6.20 Å². The number of halogens is 1. The van der Waals surface area contributed by atoms with Crippen molar-refractivity contribution in [3.8, 4) is 0 Å². The molecule has 11 heavy (non-hydrogen) atoms. The van der Waals surface area contributed by atoms with E-state index in [2.05, 4.69) is 25.5 Å². The van der Waals surface area contributed by atoms with Crippen LogP contribution in [0.3, 0.4) is 0 Å². The molecule has 0 spiro atoms. The highest BCUT2D eigenvalue weighted by atomic mass is 79.9. The molecule has 2 rings (SSSR count). The molecule has 4 heteroatoms. The van der Waals surface area contributed by atoms with Crippen LogP contribution in [0.15, 0.2) is 10.9 Å². The van der Waals surface area contributed by atoms with E-state index in [1.54, 1.807) is 0 Å². The minimum absolute atomic E-state index is 0.325. The second-order valence-electron chi connectivity index (χ2n) is 2.92. The molecule has 2 heterocycles. The summed E-state index contributed by atoms with van der Waals surface area (Å²) in [5, 5.41) is 0. The quantitative estimate of drug-likeness (QED) is 0.700. The SMILES string of the molecule is NC1CCn2c(cnc2Br)C1. The summed E-state index contributed by atoms with van der Waals surface area (Å²) in [6, 6.07) is 0.325. The molecule has 1 aliphatic heterocycles. The molecule has 0 saturated heterocycles. The molecule has 0 fully saturated rings. The number of rotatable bonds is 0. The van der Waals surface area contributed by atoms with E-state index in [0.717, 1.165) is 24.1 Å². The van der Waals surface area contributed by atoms with Crippen molar-refractivity contribution < 1.29 is 0 Å². The Labute approximate surface area is 73.7 Å². The van der Waals surface area contributed by atoms with Crippen LogP contribution in [0.25, 0.3) is 0 Å². The number of fused-ring (bicyclic) bond motifs is 1. The lowest BCUT2D eigenvalue weighted by molar-refractivity contribution is 0.466. The van der Waals surface area contributed by atoms with Gasteiger partial charge in [-0.25, -0.2) is 4.98 Å². The van der Waals surface area contributed by atoms with Crippen molar-refractivity contribution in [2.24, 2.45) is 5.73 Å². The van der Waals surface area contributed by atoms with Gasteiger partial charge in [0.1, 0.15) is 0 Å². The number of hydrogen-bond acceptors (Lipinski definition) is 2. The topological polar surface area (TPSA) is 43.8 Å². The van der Waals surface area contributed by atoms with Gasteiger partial charge in [-0.1, -0.05) is 0 Å². The standard InChI is InChI=1S/C7H10BrN3/c8-7-10-4-6-3-5(9)1-2-11(6)7/h4-5H,1-3,9H2. The lowest BCUT2D eigenvalue weighted by Gasteiger charge is -2.20. The molecule has 1 aromatic heterocycles. The summed E-state index contributed by atoms with van der Waals surface area (Å²) in [5.74, 6) is 0. The number of nitrogens with two attached hydrogens (primary N) is 1. The van der Waals surface area contributed by atoms with Gasteiger partial charge in [0.25, 0.3) is 0 Å². The highest BCUT2D eigenvalue weighted by molar-refractivity contribution is 9.10. The predicted octanol–water partition coefficient (Wildman–Crippen LogP) is 0.919. The maximum atomic E-state index is 5.80. The number of hydrogen-bond donors (Lipinski definition) is 1. The molecule has 2 N–H and O–H groups in total. The van der Waals surface area contributed by atoms with Crippen molar-refractivity contribution in [1.82, 2.24) is 9.55 Å². The van der Waals surface area contributed by atoms with E-state index in [9.17, 15) is 0 Å². The first-order chi connectivity index (χ1) is 5.27. The van der Waals surface area contributed by atoms with Crippen LogP contribution in [0.2, 0.25) is 0 Å². The summed E-state index contributed by atoms with van der Waals surface area (Å²) in [6.07, 6.45) is 3.91. The predicted molar refractivity (Wildman–Crippen MR) is 46.2 cm³/mol. The van der Waals surface area contributed by atoms with Gasteiger partial charge in [0, 0.05) is 30.9 Å². The van der Waals surface area contributed by atoms with Crippen LogP contribution in [-0.4, -0.2) is 15.6 Å². The van der Waals surface area contributed by atoms with Crippen LogP contribution in [-0.2, 0) is 13.0 Å². The Balaban J connectivity index is 2.36. The van der Waals surface area contributed by atoms with E-state index >= 15 is 0 Å². The summed E-state index contributed by atoms with van der Waals surface area (Å²) < 4.78 is 3.10. The van der Waals surface area contributed by atoms with Gasteiger partial charge in [-0.05, 0) is 22.4 Å². The molecular weight excluding hydrogens is 206 g/mol. The molecule has 1 aromatic rings. The second kappa shape index (κ2) is 2.60. The normalized spacial score (nSPS) is 23.3. The van der Waals surface area contributed by atoms with Crippen molar-refractivity contribution in [1.29, 1.82) is 0 Å². The maximum absolute atomic E-state index is 5.80. The van der Waals surface area contributed by atoms with Gasteiger partial charge in [0.2, 0.25) is 0 Å². The highest BCUT2D eigenvalue weighted by Crippen LogP contribution is 2.18. The third-order valence-electron chi connectivity index (χ3n) is 2.08. The van der Waals surface area contributed by atoms with Crippen LogP contribution < -0.4 is 5.73 Å². The van der Waals surface area contributed by atoms with Gasteiger partial charge in [-0.3, -0.25) is 0 Å². The highest BCUT2D eigenvalue weighted by Gasteiger charge is 2.16. The number of imidazole rings is 1. The third-order valence-corrected chi connectivity index (χ3v) is 2.72. The van der Waals surface area contributed by atoms with E-state index in [-0.39, 0.29) is 0 Å². The summed E-state index contributed by atoms with van der Waals surface area (Å²) in [4.78, 5) is 4.16. The molecular formula is C7H10BrN3. The Hall–Kier alpha value is -0.350. The summed E-state index contributed by atoms with van der Waals surface area (Å²) in [5.41, 5.74) is 7.05. The Morgan fingerprint density at radius 1 is 1.73 bits per heavy atom. The van der Waals surface area contributed by atoms with Crippen molar-refractivity contribution in [2.75, 3.05) is 0 Å². The average Bonchev–Trinajstić information content (AvgIpc) is 2.32. The average molecular weight is 216 g/mol. The van der Waals surface area contributed by atoms with E-state index < -0.39 is 0 Å². The molecule has 0 radical (unpaired) electrons. The molecule has 0 saturated carbocycles. The summed E-state index contributed by atoms with van der Waals surface area (Å²) in [7, 11) is 0. The Kier molecular flexibility index (Phi) is 1.73. The molecule has 60 valence electrons. The van der Waals surface area contributed by atoms with E-state index in [1.165, 1.54) is 5.69 Å². The lowest BCUT2D eigenvalue weighted by Crippen LogP contribution is -2.30. The van der Waals surface area contributed by atoms with Crippen LogP contribution in [0.1, 0.15) is 12.1 Å². The zero-order chi connectivity index (χ0) is 7.84. The molecule has 0 bridgehead atoms. The van der Waals surface area contributed by atoms with Crippen molar-refractivity contribution in [3.05, 3.63) is 16.6 Å². The fourth-order valence-electron chi connectivity index (χ4n) is 1.45. The lowest BCUT2D eigenvalue weighted by atomic mass is 10.1. The van der Waals surface area contributed by atoms with Gasteiger partial charge in [-0.2, -0.15) is 0 Å². The summed E-state index contributed by atoms with van der Waals surface area (Å²) in [6.45, 7) is 0.997. The maximum Gasteiger partial charge on any atom is 0.177 e. The minimum Gasteiger partial charge on any atom is -0.327 e. The minimum atomic E-state index is 0.325. The molecule has 0 aliphatic carbocycles. The van der Waals surface area contributed by atoms with Crippen LogP contribution in [0.4, 0.5) is 0 Å². The first-order valence-electron chi connectivity index (χ1n) is 3.73. The third kappa shape index (κ3) is 1.20. The Morgan fingerprint density at radius 3 is 3.36 bits per heavy atom. The zero-order valence-electron chi connectivity index (χ0n) is 6.13. The van der Waals surface area contributed by atoms with E-state index in [4.69, 9.17) is 5.73 Å². The van der Waals surface area contributed by atoms with Crippen LogP contribution in [0, 0.1) is 0 Å². The fraction of sp³-hybridized carbons (Fsp3) is 0.571. The van der Waals surface area contributed by atoms with Gasteiger partial charge in [0.05, 0.1) is 0 Å². The molecule has 0 aromatic carbocycles. The Bertz CT molecular complexity index is 269. The largest absolute Gasteiger partial charge is 0.327 e. The van der Waals surface area contributed by atoms with Crippen LogP contribution in [0.5, 0.6) is 0 Å². The fourth-order valence-corrected chi connectivity index (χ4v) is 1.96. The van der Waals surface area contributed by atoms with E-state index in [0.29, 0.717) is 6.04 Å². The van der Waals surface area contributed by atoms with Gasteiger partial charge in [0.15, 0.2) is 4.73 Å². The molecule has 1 atom stereocenters. The van der Waals surface area contributed by atoms with Crippen LogP contribution >= 0.6 is 15.9 Å². The Morgan fingerprint density at radius 2 is 2.55 bits per heavy atom. The van der Waals surface area contributed by atoms with Gasteiger partial charge >= 0.3 is 0 Å². The second-order valence-corrected chi connectivity index (χ2v) is 3.63. The molecule has 0 amide bonds. The summed E-state index contributed by atoms with van der Waals surface area (Å²) >= 11 is 3.38. The number of aromatic nitrogens is 2. The number of nitrogens with zero attached hydrogens (tertiary/aromatic N) is 2. The van der Waals surface area contributed by atoms with Gasteiger partial charge < -0.3 is 10.3 Å². The molecule has 3 nitrogen and oxygen atoms in total. The van der Waals surface area contributed by atoms with Crippen molar-refractivity contribution >= 4 is 15.9 Å².